The molecule has 0 aliphatic carbocycles. The molecule has 0 atom stereocenters. The van der Waals surface area contributed by atoms with Crippen molar-refractivity contribution in [3.05, 3.63) is 23.0 Å². The second kappa shape index (κ2) is 5.01. The molecular formula is C9H13N4O4P. The number of H-pyrrole nitrogens is 1. The van der Waals surface area contributed by atoms with Crippen LogP contribution in [0.15, 0.2) is 17.4 Å². The van der Waals surface area contributed by atoms with E-state index >= 15 is 0 Å². The zero-order valence-electron chi connectivity index (χ0n) is 9.48. The molecule has 0 fully saturated rings. The van der Waals surface area contributed by atoms with Crippen LogP contribution in [0.25, 0.3) is 11.2 Å². The minimum Gasteiger partial charge on any atom is -0.324 e. The summed E-state index contributed by atoms with van der Waals surface area (Å²) in [6.07, 6.45) is 3.68. The first kappa shape index (κ1) is 12.9. The average Bonchev–Trinajstić information content (AvgIpc) is 2.68. The highest BCUT2D eigenvalue weighted by Crippen LogP contribution is 2.35. The number of fused-ring (bicyclic) bond motifs is 1. The summed E-state index contributed by atoms with van der Waals surface area (Å²) in [4.78, 5) is 39.2. The van der Waals surface area contributed by atoms with Crippen LogP contribution in [0.5, 0.6) is 0 Å². The van der Waals surface area contributed by atoms with Crippen LogP contribution >= 0.6 is 7.60 Å². The Balaban J connectivity index is 2.03. The number of hydrogen-bond donors (Lipinski definition) is 3. The number of aromatic amines is 1. The second-order valence-corrected chi connectivity index (χ2v) is 5.71. The van der Waals surface area contributed by atoms with Crippen molar-refractivity contribution in [2.45, 2.75) is 19.4 Å². The van der Waals surface area contributed by atoms with Crippen molar-refractivity contribution in [1.29, 1.82) is 0 Å². The molecule has 0 saturated heterocycles. The van der Waals surface area contributed by atoms with Gasteiger partial charge < -0.3 is 19.3 Å². The maximum Gasteiger partial charge on any atom is 0.325 e. The molecule has 8 nitrogen and oxygen atoms in total. The van der Waals surface area contributed by atoms with Crippen LogP contribution in [0.4, 0.5) is 0 Å². The summed E-state index contributed by atoms with van der Waals surface area (Å²) in [7, 11) is -3.92. The molecule has 0 amide bonds. The van der Waals surface area contributed by atoms with Gasteiger partial charge in [-0.25, -0.2) is 9.97 Å². The Labute approximate surface area is 102 Å². The number of aromatic nitrogens is 4. The second-order valence-electron chi connectivity index (χ2n) is 3.94. The van der Waals surface area contributed by atoms with Crippen molar-refractivity contribution in [3.63, 3.8) is 0 Å². The van der Waals surface area contributed by atoms with Crippen LogP contribution in [0.3, 0.4) is 0 Å². The standard InChI is InChI=1S/C9H13N4O4P/c14-9-7-8(10-5-11-9)13(6-12-7)3-1-2-4-18(15,16)17/h5-6H,1-4H2,(H,10,11,14)(H2,15,16,17). The maximum atomic E-state index is 11.4. The van der Waals surface area contributed by atoms with E-state index in [2.05, 4.69) is 15.0 Å². The van der Waals surface area contributed by atoms with E-state index in [0.29, 0.717) is 25.0 Å². The molecule has 18 heavy (non-hydrogen) atoms. The largest absolute Gasteiger partial charge is 0.325 e. The molecule has 2 heterocycles. The van der Waals surface area contributed by atoms with Gasteiger partial charge in [0.05, 0.1) is 12.7 Å². The lowest BCUT2D eigenvalue weighted by atomic mass is 10.3. The minimum absolute atomic E-state index is 0.131. The fraction of sp³-hybridized carbons (Fsp3) is 0.444. The molecule has 0 saturated carbocycles. The summed E-state index contributed by atoms with van der Waals surface area (Å²) in [5.74, 6) is 0. The van der Waals surface area contributed by atoms with Gasteiger partial charge in [0.2, 0.25) is 0 Å². The Morgan fingerprint density at radius 3 is 2.83 bits per heavy atom. The van der Waals surface area contributed by atoms with Crippen LogP contribution < -0.4 is 5.56 Å². The molecule has 2 aromatic heterocycles. The van der Waals surface area contributed by atoms with E-state index in [1.54, 1.807) is 4.57 Å². The zero-order valence-corrected chi connectivity index (χ0v) is 10.4. The lowest BCUT2D eigenvalue weighted by Crippen LogP contribution is -2.07. The summed E-state index contributed by atoms with van der Waals surface area (Å²) < 4.78 is 12.4. The summed E-state index contributed by atoms with van der Waals surface area (Å²) in [5, 5.41) is 0. The topological polar surface area (TPSA) is 121 Å². The van der Waals surface area contributed by atoms with Gasteiger partial charge in [-0.1, -0.05) is 0 Å². The summed E-state index contributed by atoms with van der Waals surface area (Å²) in [5.41, 5.74) is 0.455. The monoisotopic (exact) mass is 272 g/mol. The quantitative estimate of drug-likeness (QED) is 0.523. The van der Waals surface area contributed by atoms with Crippen LogP contribution in [0, 0.1) is 0 Å². The number of hydrogen-bond acceptors (Lipinski definition) is 4. The van der Waals surface area contributed by atoms with Gasteiger partial charge >= 0.3 is 7.60 Å². The molecule has 0 aliphatic rings. The van der Waals surface area contributed by atoms with Crippen LogP contribution in [0.2, 0.25) is 0 Å². The maximum absolute atomic E-state index is 11.4. The Bertz CT molecular complexity index is 643. The third-order valence-electron chi connectivity index (χ3n) is 2.51. The summed E-state index contributed by atoms with van der Waals surface area (Å²) in [6, 6.07) is 0. The average molecular weight is 272 g/mol. The third kappa shape index (κ3) is 3.04. The minimum atomic E-state index is -3.92. The van der Waals surface area contributed by atoms with E-state index in [0.717, 1.165) is 0 Å². The zero-order chi connectivity index (χ0) is 13.2. The predicted octanol–water partition coefficient (Wildman–Crippen LogP) is 0.0775. The smallest absolute Gasteiger partial charge is 0.324 e. The number of unbranched alkanes of at least 4 members (excludes halogenated alkanes) is 1. The van der Waals surface area contributed by atoms with E-state index in [1.165, 1.54) is 12.7 Å². The van der Waals surface area contributed by atoms with Crippen LogP contribution in [0.1, 0.15) is 12.8 Å². The first-order chi connectivity index (χ1) is 8.47. The molecule has 98 valence electrons. The van der Waals surface area contributed by atoms with E-state index in [4.69, 9.17) is 9.79 Å². The van der Waals surface area contributed by atoms with E-state index < -0.39 is 7.60 Å². The van der Waals surface area contributed by atoms with Gasteiger partial charge in [-0.3, -0.25) is 9.36 Å². The molecular weight excluding hydrogens is 259 g/mol. The molecule has 0 aliphatic heterocycles. The van der Waals surface area contributed by atoms with E-state index in [9.17, 15) is 9.36 Å². The number of aryl methyl sites for hydroxylation is 1. The van der Waals surface area contributed by atoms with Gasteiger partial charge in [0.25, 0.3) is 5.56 Å². The van der Waals surface area contributed by atoms with Crippen molar-refractivity contribution >= 4 is 18.8 Å². The van der Waals surface area contributed by atoms with Crippen molar-refractivity contribution < 1.29 is 14.4 Å². The lowest BCUT2D eigenvalue weighted by molar-refractivity contribution is 0.370. The molecule has 3 N–H and O–H groups in total. The highest BCUT2D eigenvalue weighted by atomic mass is 31.2. The number of nitrogens with one attached hydrogen (secondary N) is 1. The Morgan fingerprint density at radius 2 is 2.11 bits per heavy atom. The molecule has 0 spiro atoms. The predicted molar refractivity (Wildman–Crippen MR) is 64.3 cm³/mol. The van der Waals surface area contributed by atoms with Crippen molar-refractivity contribution in [2.75, 3.05) is 6.16 Å². The van der Waals surface area contributed by atoms with Crippen LogP contribution in [-0.4, -0.2) is 35.5 Å². The van der Waals surface area contributed by atoms with Crippen molar-refractivity contribution in [2.24, 2.45) is 0 Å². The first-order valence-corrected chi connectivity index (χ1v) is 7.20. The van der Waals surface area contributed by atoms with E-state index in [1.807, 2.05) is 0 Å². The number of rotatable bonds is 5. The Hall–Kier alpha value is -1.50. The Morgan fingerprint density at radius 1 is 1.33 bits per heavy atom. The fourth-order valence-corrected chi connectivity index (χ4v) is 2.29. The first-order valence-electron chi connectivity index (χ1n) is 5.40. The lowest BCUT2D eigenvalue weighted by Gasteiger charge is -2.04. The molecule has 2 aromatic rings. The van der Waals surface area contributed by atoms with Gasteiger partial charge in [0.1, 0.15) is 0 Å². The van der Waals surface area contributed by atoms with Gasteiger partial charge in [-0.05, 0) is 12.8 Å². The SMILES string of the molecule is O=c1[nH]cnc2c1ncn2CCCCP(=O)(O)O. The summed E-state index contributed by atoms with van der Waals surface area (Å²) in [6.45, 7) is 0.521. The highest BCUT2D eigenvalue weighted by molar-refractivity contribution is 7.51. The van der Waals surface area contributed by atoms with Crippen molar-refractivity contribution in [1.82, 2.24) is 19.5 Å². The fourth-order valence-electron chi connectivity index (χ4n) is 1.66. The third-order valence-corrected chi connectivity index (χ3v) is 3.40. The number of nitrogens with zero attached hydrogens (tertiary/aromatic N) is 3. The van der Waals surface area contributed by atoms with Crippen molar-refractivity contribution in [3.8, 4) is 0 Å². The van der Waals surface area contributed by atoms with E-state index in [-0.39, 0.29) is 17.2 Å². The van der Waals surface area contributed by atoms with Gasteiger partial charge in [-0.15, -0.1) is 0 Å². The Kier molecular flexibility index (Phi) is 3.60. The van der Waals surface area contributed by atoms with Gasteiger partial charge in [-0.2, -0.15) is 0 Å². The van der Waals surface area contributed by atoms with Crippen LogP contribution in [-0.2, 0) is 11.1 Å². The molecule has 0 aromatic carbocycles. The molecule has 0 radical (unpaired) electrons. The highest BCUT2D eigenvalue weighted by Gasteiger charge is 2.12. The molecule has 0 unspecified atom stereocenters. The summed E-state index contributed by atoms with van der Waals surface area (Å²) >= 11 is 0. The molecule has 0 bridgehead atoms. The van der Waals surface area contributed by atoms with Gasteiger partial charge in [0.15, 0.2) is 11.2 Å². The normalized spacial score (nSPS) is 12.1. The van der Waals surface area contributed by atoms with Gasteiger partial charge in [0, 0.05) is 12.7 Å². The molecule has 9 heteroatoms. The molecule has 2 rings (SSSR count). The number of imidazole rings is 1.